The monoisotopic (exact) mass is 325 g/mol. The summed E-state index contributed by atoms with van der Waals surface area (Å²) in [6.07, 6.45) is 9.31. The summed E-state index contributed by atoms with van der Waals surface area (Å²) >= 11 is 0. The molecule has 0 radical (unpaired) electrons. The van der Waals surface area contributed by atoms with Crippen molar-refractivity contribution in [3.63, 3.8) is 0 Å². The number of nitrogens with zero attached hydrogens (tertiary/aromatic N) is 7. The van der Waals surface area contributed by atoms with Gasteiger partial charge >= 0.3 is 0 Å². The Morgan fingerprint density at radius 1 is 1.00 bits per heavy atom. The van der Waals surface area contributed by atoms with E-state index in [0.717, 1.165) is 48.4 Å². The Kier molecular flexibility index (Phi) is 3.64. The summed E-state index contributed by atoms with van der Waals surface area (Å²) in [7, 11) is 1.89. The van der Waals surface area contributed by atoms with E-state index < -0.39 is 5.82 Å². The summed E-state index contributed by atoms with van der Waals surface area (Å²) in [5.74, 6) is 0.113. The van der Waals surface area contributed by atoms with Crippen LogP contribution in [-0.2, 0) is 19.9 Å². The molecule has 3 aromatic rings. The number of aryl methyl sites for hydroxylation is 1. The second-order valence-corrected chi connectivity index (χ2v) is 5.74. The zero-order valence-corrected chi connectivity index (χ0v) is 13.2. The molecule has 24 heavy (non-hydrogen) atoms. The quantitative estimate of drug-likeness (QED) is 0.709. The third-order valence-electron chi connectivity index (χ3n) is 4.15. The topological polar surface area (TPSA) is 72.6 Å². The lowest BCUT2D eigenvalue weighted by molar-refractivity contribution is 0.610. The van der Waals surface area contributed by atoms with Gasteiger partial charge < -0.3 is 4.90 Å². The average Bonchev–Trinajstić information content (AvgIpc) is 2.90. The lowest BCUT2D eigenvalue weighted by Crippen LogP contribution is -2.27. The van der Waals surface area contributed by atoms with Gasteiger partial charge in [0.1, 0.15) is 6.33 Å². The molecular formula is C16H16FN7. The van der Waals surface area contributed by atoms with Crippen molar-refractivity contribution in [1.29, 1.82) is 0 Å². The van der Waals surface area contributed by atoms with Crippen LogP contribution in [0.4, 0.5) is 10.3 Å². The number of hydrogen-bond donors (Lipinski definition) is 0. The zero-order chi connectivity index (χ0) is 16.5. The molecule has 0 aromatic carbocycles. The highest BCUT2D eigenvalue weighted by atomic mass is 19.1. The summed E-state index contributed by atoms with van der Waals surface area (Å²) in [4.78, 5) is 19.1. The van der Waals surface area contributed by atoms with Gasteiger partial charge in [0.25, 0.3) is 0 Å². The fraction of sp³-hybridized carbons (Fsp3) is 0.312. The number of rotatable bonds is 2. The molecule has 0 saturated carbocycles. The molecule has 4 rings (SSSR count). The molecule has 0 atom stereocenters. The maximum atomic E-state index is 13.0. The van der Waals surface area contributed by atoms with Crippen LogP contribution in [0.1, 0.15) is 11.3 Å². The Bertz CT molecular complexity index is 859. The molecule has 1 aliphatic heterocycles. The van der Waals surface area contributed by atoms with E-state index in [1.807, 2.05) is 24.3 Å². The standard InChI is InChI=1S/C16H16FN7/c1-23-9-11(6-22-23)15-13-2-4-24(5-3-14(13)20-10-21-15)16-18-7-12(17)8-19-16/h6-10H,2-5H2,1H3. The highest BCUT2D eigenvalue weighted by Crippen LogP contribution is 2.26. The highest BCUT2D eigenvalue weighted by Gasteiger charge is 2.21. The van der Waals surface area contributed by atoms with E-state index in [2.05, 4.69) is 25.0 Å². The molecule has 122 valence electrons. The SMILES string of the molecule is Cn1cc(-c2ncnc3c2CCN(c2ncc(F)cn2)CC3)cn1. The molecule has 0 N–H and O–H groups in total. The van der Waals surface area contributed by atoms with Crippen molar-refractivity contribution in [2.45, 2.75) is 12.8 Å². The van der Waals surface area contributed by atoms with Gasteiger partial charge in [0.15, 0.2) is 5.82 Å². The predicted octanol–water partition coefficient (Wildman–Crippen LogP) is 1.41. The van der Waals surface area contributed by atoms with Gasteiger partial charge in [-0.05, 0) is 6.42 Å². The van der Waals surface area contributed by atoms with Crippen molar-refractivity contribution in [2.75, 3.05) is 18.0 Å². The van der Waals surface area contributed by atoms with Crippen molar-refractivity contribution in [3.05, 3.63) is 48.2 Å². The minimum atomic E-state index is -0.429. The Balaban J connectivity index is 1.64. The zero-order valence-electron chi connectivity index (χ0n) is 13.2. The number of fused-ring (bicyclic) bond motifs is 1. The van der Waals surface area contributed by atoms with Crippen LogP contribution >= 0.6 is 0 Å². The minimum Gasteiger partial charge on any atom is -0.340 e. The first kappa shape index (κ1) is 14.7. The fourth-order valence-corrected chi connectivity index (χ4v) is 2.99. The van der Waals surface area contributed by atoms with E-state index in [-0.39, 0.29) is 0 Å². The van der Waals surface area contributed by atoms with Crippen LogP contribution in [0.2, 0.25) is 0 Å². The summed E-state index contributed by atoms with van der Waals surface area (Å²) in [6.45, 7) is 1.47. The van der Waals surface area contributed by atoms with Crippen molar-refractivity contribution < 1.29 is 4.39 Å². The van der Waals surface area contributed by atoms with E-state index >= 15 is 0 Å². The van der Waals surface area contributed by atoms with Crippen molar-refractivity contribution in [2.24, 2.45) is 7.05 Å². The Hall–Kier alpha value is -2.90. The number of anilines is 1. The van der Waals surface area contributed by atoms with Crippen molar-refractivity contribution >= 4 is 5.95 Å². The molecular weight excluding hydrogens is 309 g/mol. The smallest absolute Gasteiger partial charge is 0.225 e. The van der Waals surface area contributed by atoms with Gasteiger partial charge in [-0.2, -0.15) is 5.10 Å². The maximum absolute atomic E-state index is 13.0. The van der Waals surface area contributed by atoms with E-state index in [4.69, 9.17) is 0 Å². The summed E-state index contributed by atoms with van der Waals surface area (Å²) < 4.78 is 14.8. The van der Waals surface area contributed by atoms with Gasteiger partial charge in [0, 0.05) is 49.6 Å². The lowest BCUT2D eigenvalue weighted by atomic mass is 10.0. The molecule has 3 aromatic heterocycles. The van der Waals surface area contributed by atoms with Crippen LogP contribution in [0.25, 0.3) is 11.3 Å². The molecule has 0 fully saturated rings. The van der Waals surface area contributed by atoms with E-state index in [9.17, 15) is 4.39 Å². The molecule has 0 saturated heterocycles. The van der Waals surface area contributed by atoms with Crippen molar-refractivity contribution in [1.82, 2.24) is 29.7 Å². The summed E-state index contributed by atoms with van der Waals surface area (Å²) in [6, 6.07) is 0. The van der Waals surface area contributed by atoms with Gasteiger partial charge in [0.2, 0.25) is 5.95 Å². The molecule has 0 amide bonds. The molecule has 1 aliphatic rings. The molecule has 0 aliphatic carbocycles. The molecule has 0 bridgehead atoms. The van der Waals surface area contributed by atoms with Gasteiger partial charge in [-0.25, -0.2) is 24.3 Å². The summed E-state index contributed by atoms with van der Waals surface area (Å²) in [5.41, 5.74) is 4.08. The van der Waals surface area contributed by atoms with Crippen LogP contribution in [0, 0.1) is 5.82 Å². The third-order valence-corrected chi connectivity index (χ3v) is 4.15. The molecule has 0 unspecified atom stereocenters. The van der Waals surface area contributed by atoms with Crippen LogP contribution in [0.5, 0.6) is 0 Å². The summed E-state index contributed by atoms with van der Waals surface area (Å²) in [5, 5.41) is 4.23. The van der Waals surface area contributed by atoms with E-state index in [1.165, 1.54) is 12.4 Å². The first-order valence-corrected chi connectivity index (χ1v) is 7.75. The highest BCUT2D eigenvalue weighted by molar-refractivity contribution is 5.62. The number of aromatic nitrogens is 6. The second kappa shape index (κ2) is 5.95. The Morgan fingerprint density at radius 2 is 1.79 bits per heavy atom. The van der Waals surface area contributed by atoms with Crippen LogP contribution in [0.15, 0.2) is 31.1 Å². The lowest BCUT2D eigenvalue weighted by Gasteiger charge is -2.19. The van der Waals surface area contributed by atoms with Gasteiger partial charge in [-0.3, -0.25) is 4.68 Å². The first-order chi connectivity index (χ1) is 11.7. The first-order valence-electron chi connectivity index (χ1n) is 7.75. The van der Waals surface area contributed by atoms with Crippen LogP contribution in [-0.4, -0.2) is 42.8 Å². The maximum Gasteiger partial charge on any atom is 0.225 e. The number of halogens is 1. The van der Waals surface area contributed by atoms with E-state index in [1.54, 1.807) is 11.0 Å². The van der Waals surface area contributed by atoms with Gasteiger partial charge in [-0.1, -0.05) is 0 Å². The molecule has 0 spiro atoms. The minimum absolute atomic E-state index is 0.429. The average molecular weight is 325 g/mol. The normalized spacial score (nSPS) is 14.3. The van der Waals surface area contributed by atoms with Crippen LogP contribution < -0.4 is 4.90 Å². The molecule has 8 heteroatoms. The molecule has 4 heterocycles. The fourth-order valence-electron chi connectivity index (χ4n) is 2.99. The van der Waals surface area contributed by atoms with Gasteiger partial charge in [-0.15, -0.1) is 0 Å². The largest absolute Gasteiger partial charge is 0.340 e. The number of hydrogen-bond acceptors (Lipinski definition) is 6. The van der Waals surface area contributed by atoms with E-state index in [0.29, 0.717) is 5.95 Å². The Morgan fingerprint density at radius 3 is 2.54 bits per heavy atom. The predicted molar refractivity (Wildman–Crippen MR) is 85.8 cm³/mol. The van der Waals surface area contributed by atoms with Crippen molar-refractivity contribution in [3.8, 4) is 11.3 Å². The van der Waals surface area contributed by atoms with Crippen LogP contribution in [0.3, 0.4) is 0 Å². The Labute approximate surface area is 138 Å². The second-order valence-electron chi connectivity index (χ2n) is 5.74. The molecule has 7 nitrogen and oxygen atoms in total. The van der Waals surface area contributed by atoms with Gasteiger partial charge in [0.05, 0.1) is 24.3 Å². The third kappa shape index (κ3) is 2.70.